The van der Waals surface area contributed by atoms with Crippen molar-refractivity contribution in [3.05, 3.63) is 11.8 Å². The molecule has 0 aliphatic carbocycles. The summed E-state index contributed by atoms with van der Waals surface area (Å²) in [7, 11) is 0. The fraction of sp³-hybridized carbons (Fsp3) is 0.250. The summed E-state index contributed by atoms with van der Waals surface area (Å²) in [5.74, 6) is 0. The summed E-state index contributed by atoms with van der Waals surface area (Å²) in [6.07, 6.45) is 3.84. The first-order chi connectivity index (χ1) is 3.97. The lowest BCUT2D eigenvalue weighted by molar-refractivity contribution is 0.554. The number of nitrogens with zero attached hydrogens (tertiary/aromatic N) is 1. The van der Waals surface area contributed by atoms with Crippen molar-refractivity contribution in [2.45, 2.75) is 6.17 Å². The number of allylic oxidation sites excluding steroid dienone is 1. The van der Waals surface area contributed by atoms with Gasteiger partial charge in [0.25, 0.3) is 0 Å². The molecule has 0 amide bonds. The van der Waals surface area contributed by atoms with Gasteiger partial charge >= 0.3 is 0 Å². The van der Waals surface area contributed by atoms with Crippen LogP contribution in [0.3, 0.4) is 0 Å². The van der Waals surface area contributed by atoms with E-state index in [1.807, 2.05) is 6.08 Å². The average Bonchev–Trinajstić information content (AvgIpc) is 2.15. The average molecular weight is 110 g/mol. The molecule has 4 nitrogen and oxygen atoms in total. The normalized spacial score (nSPS) is 32.0. The Morgan fingerprint density at radius 1 is 1.62 bits per heavy atom. The summed E-state index contributed by atoms with van der Waals surface area (Å²) in [4.78, 5) is 4.04. The van der Waals surface area contributed by atoms with Crippen molar-refractivity contribution in [3.63, 3.8) is 0 Å². The Balaban J connectivity index is 2.29. The van der Waals surface area contributed by atoms with E-state index in [9.17, 15) is 0 Å². The van der Waals surface area contributed by atoms with Crippen molar-refractivity contribution in [3.8, 4) is 0 Å². The third-order valence-electron chi connectivity index (χ3n) is 1.20. The first kappa shape index (κ1) is 4.05. The molecule has 0 aromatic rings. The van der Waals surface area contributed by atoms with E-state index in [0.29, 0.717) is 0 Å². The molecule has 0 aromatic carbocycles. The van der Waals surface area contributed by atoms with Crippen LogP contribution in [0.15, 0.2) is 16.8 Å². The SMILES string of the molecule is C1=NC2NNNC2=C1. The Morgan fingerprint density at radius 3 is 3.50 bits per heavy atom. The van der Waals surface area contributed by atoms with E-state index in [4.69, 9.17) is 0 Å². The minimum absolute atomic E-state index is 0.134. The molecule has 1 unspecified atom stereocenters. The molecule has 1 saturated heterocycles. The number of hydrogen-bond donors (Lipinski definition) is 3. The maximum absolute atomic E-state index is 4.04. The number of aliphatic imine (C=N–C) groups is 1. The molecule has 2 rings (SSSR count). The van der Waals surface area contributed by atoms with Gasteiger partial charge in [0.2, 0.25) is 0 Å². The molecule has 2 heterocycles. The van der Waals surface area contributed by atoms with Crippen LogP contribution >= 0.6 is 0 Å². The van der Waals surface area contributed by atoms with Gasteiger partial charge in [-0.2, -0.15) is 5.53 Å². The summed E-state index contributed by atoms with van der Waals surface area (Å²) >= 11 is 0. The van der Waals surface area contributed by atoms with E-state index in [-0.39, 0.29) is 6.17 Å². The van der Waals surface area contributed by atoms with E-state index >= 15 is 0 Å². The summed E-state index contributed by atoms with van der Waals surface area (Å²) < 4.78 is 0. The lowest BCUT2D eigenvalue weighted by atomic mass is 10.4. The Kier molecular flexibility index (Phi) is 0.660. The summed E-state index contributed by atoms with van der Waals surface area (Å²) in [6.45, 7) is 0. The third-order valence-corrected chi connectivity index (χ3v) is 1.20. The van der Waals surface area contributed by atoms with Crippen LogP contribution in [0, 0.1) is 0 Å². The summed E-state index contributed by atoms with van der Waals surface area (Å²) in [6, 6.07) is 0. The quantitative estimate of drug-likeness (QED) is 0.370. The second kappa shape index (κ2) is 1.30. The smallest absolute Gasteiger partial charge is 0.155 e. The Labute approximate surface area is 46.6 Å². The highest BCUT2D eigenvalue weighted by molar-refractivity contribution is 5.75. The van der Waals surface area contributed by atoms with Crippen molar-refractivity contribution in [2.24, 2.45) is 4.99 Å². The second-order valence-corrected chi connectivity index (χ2v) is 1.72. The number of hydrazine groups is 2. The third kappa shape index (κ3) is 0.382. The molecule has 0 bridgehead atoms. The maximum atomic E-state index is 4.04. The molecule has 2 aliphatic heterocycles. The van der Waals surface area contributed by atoms with Crippen LogP contribution in [-0.2, 0) is 0 Å². The van der Waals surface area contributed by atoms with E-state index < -0.39 is 0 Å². The van der Waals surface area contributed by atoms with Crippen molar-refractivity contribution in [2.75, 3.05) is 0 Å². The summed E-state index contributed by atoms with van der Waals surface area (Å²) in [5, 5.41) is 0. The minimum Gasteiger partial charge on any atom is -0.309 e. The zero-order valence-electron chi connectivity index (χ0n) is 4.18. The Hall–Kier alpha value is -0.870. The van der Waals surface area contributed by atoms with Crippen molar-refractivity contribution in [1.82, 2.24) is 16.4 Å². The van der Waals surface area contributed by atoms with Crippen LogP contribution in [0.4, 0.5) is 0 Å². The number of nitrogens with one attached hydrogen (secondary N) is 3. The topological polar surface area (TPSA) is 48.5 Å². The van der Waals surface area contributed by atoms with E-state index in [1.54, 1.807) is 6.21 Å². The van der Waals surface area contributed by atoms with E-state index in [2.05, 4.69) is 21.4 Å². The van der Waals surface area contributed by atoms with E-state index in [1.165, 1.54) is 0 Å². The van der Waals surface area contributed by atoms with Crippen LogP contribution in [0.2, 0.25) is 0 Å². The largest absolute Gasteiger partial charge is 0.309 e. The number of rotatable bonds is 0. The lowest BCUT2D eigenvalue weighted by Gasteiger charge is -1.93. The molecule has 2 aliphatic rings. The van der Waals surface area contributed by atoms with Gasteiger partial charge in [-0.05, 0) is 6.08 Å². The Bertz CT molecular complexity index is 159. The number of fused-ring (bicyclic) bond motifs is 1. The maximum Gasteiger partial charge on any atom is 0.155 e. The fourth-order valence-electron chi connectivity index (χ4n) is 0.783. The van der Waals surface area contributed by atoms with Gasteiger partial charge in [-0.15, -0.1) is 0 Å². The second-order valence-electron chi connectivity index (χ2n) is 1.72. The molecule has 0 radical (unpaired) electrons. The van der Waals surface area contributed by atoms with Gasteiger partial charge in [-0.3, -0.25) is 4.99 Å². The van der Waals surface area contributed by atoms with Gasteiger partial charge < -0.3 is 5.43 Å². The van der Waals surface area contributed by atoms with Crippen LogP contribution in [0.1, 0.15) is 0 Å². The first-order valence-electron chi connectivity index (χ1n) is 2.47. The predicted molar refractivity (Wildman–Crippen MR) is 29.8 cm³/mol. The molecule has 3 N–H and O–H groups in total. The first-order valence-corrected chi connectivity index (χ1v) is 2.47. The van der Waals surface area contributed by atoms with Crippen molar-refractivity contribution < 1.29 is 0 Å². The standard InChI is InChI=1S/C4H6N4/c1-2-5-4-3(1)6-8-7-4/h1-2,4,6-8H. The molecule has 4 heteroatoms. The monoisotopic (exact) mass is 110 g/mol. The highest BCUT2D eigenvalue weighted by Gasteiger charge is 2.19. The molecule has 1 atom stereocenters. The molecule has 8 heavy (non-hydrogen) atoms. The van der Waals surface area contributed by atoms with Crippen LogP contribution in [0.5, 0.6) is 0 Å². The highest BCUT2D eigenvalue weighted by atomic mass is 15.7. The lowest BCUT2D eigenvalue weighted by Crippen LogP contribution is -2.32. The zero-order chi connectivity index (χ0) is 5.40. The van der Waals surface area contributed by atoms with E-state index in [0.717, 1.165) is 5.70 Å². The van der Waals surface area contributed by atoms with Gasteiger partial charge in [0.15, 0.2) is 6.17 Å². The molecule has 42 valence electrons. The molecule has 1 fully saturated rings. The zero-order valence-corrected chi connectivity index (χ0v) is 4.18. The van der Waals surface area contributed by atoms with Crippen LogP contribution < -0.4 is 16.4 Å². The van der Waals surface area contributed by atoms with Gasteiger partial charge in [0, 0.05) is 6.21 Å². The highest BCUT2D eigenvalue weighted by Crippen LogP contribution is 2.05. The number of hydrogen-bond acceptors (Lipinski definition) is 4. The van der Waals surface area contributed by atoms with Gasteiger partial charge in [-0.25, -0.2) is 5.43 Å². The van der Waals surface area contributed by atoms with Crippen LogP contribution in [0.25, 0.3) is 0 Å². The molecule has 0 spiro atoms. The van der Waals surface area contributed by atoms with Gasteiger partial charge in [0.1, 0.15) is 0 Å². The summed E-state index contributed by atoms with van der Waals surface area (Å²) in [5.41, 5.74) is 9.61. The van der Waals surface area contributed by atoms with Crippen molar-refractivity contribution in [1.29, 1.82) is 0 Å². The predicted octanol–water partition coefficient (Wildman–Crippen LogP) is -1.11. The molecule has 0 aromatic heterocycles. The van der Waals surface area contributed by atoms with Crippen LogP contribution in [-0.4, -0.2) is 12.4 Å². The minimum atomic E-state index is 0.134. The fourth-order valence-corrected chi connectivity index (χ4v) is 0.783. The van der Waals surface area contributed by atoms with Gasteiger partial charge in [0.05, 0.1) is 5.70 Å². The van der Waals surface area contributed by atoms with Gasteiger partial charge in [-0.1, -0.05) is 0 Å². The molecule has 0 saturated carbocycles. The molecular weight excluding hydrogens is 104 g/mol. The Morgan fingerprint density at radius 2 is 2.62 bits per heavy atom. The molecular formula is C4H6N4. The van der Waals surface area contributed by atoms with Crippen molar-refractivity contribution >= 4 is 6.21 Å².